The largest absolute Gasteiger partial charge is 0.379 e. The van der Waals surface area contributed by atoms with Crippen molar-refractivity contribution in [3.63, 3.8) is 0 Å². The highest BCUT2D eigenvalue weighted by molar-refractivity contribution is 5.17. The van der Waals surface area contributed by atoms with Crippen LogP contribution in [0, 0.1) is 5.41 Å². The van der Waals surface area contributed by atoms with Gasteiger partial charge < -0.3 is 9.30 Å². The zero-order valence-corrected chi connectivity index (χ0v) is 9.53. The van der Waals surface area contributed by atoms with Crippen molar-refractivity contribution in [2.45, 2.75) is 20.3 Å². The average molecular weight is 207 g/mol. The summed E-state index contributed by atoms with van der Waals surface area (Å²) in [5.41, 5.74) is 1.55. The van der Waals surface area contributed by atoms with Crippen molar-refractivity contribution in [2.24, 2.45) is 12.5 Å². The predicted octanol–water partition coefficient (Wildman–Crippen LogP) is 1.34. The van der Waals surface area contributed by atoms with Crippen LogP contribution in [0.15, 0.2) is 18.0 Å². The molecule has 0 N–H and O–H groups in total. The number of allylic oxidation sites excluding steroid dienone is 1. The molecule has 1 aliphatic rings. The van der Waals surface area contributed by atoms with Crippen LogP contribution in [0.5, 0.6) is 0 Å². The van der Waals surface area contributed by atoms with Gasteiger partial charge in [-0.15, -0.1) is 10.2 Å². The minimum atomic E-state index is 0.162. The number of aryl methyl sites for hydroxylation is 1. The van der Waals surface area contributed by atoms with E-state index < -0.39 is 0 Å². The fourth-order valence-electron chi connectivity index (χ4n) is 1.89. The van der Waals surface area contributed by atoms with Crippen LogP contribution >= 0.6 is 0 Å². The number of ether oxygens (including phenoxy) is 1. The van der Waals surface area contributed by atoms with Crippen LogP contribution < -0.4 is 0 Å². The fourth-order valence-corrected chi connectivity index (χ4v) is 1.89. The number of nitrogens with zero attached hydrogens (tertiary/aromatic N) is 3. The Morgan fingerprint density at radius 2 is 2.40 bits per heavy atom. The first kappa shape index (κ1) is 10.4. The molecule has 0 amide bonds. The van der Waals surface area contributed by atoms with E-state index in [9.17, 15) is 0 Å². The zero-order chi connectivity index (χ0) is 10.9. The Kier molecular flexibility index (Phi) is 2.61. The molecule has 0 spiro atoms. The van der Waals surface area contributed by atoms with E-state index in [2.05, 4.69) is 30.1 Å². The SMILES string of the molecule is C/C=C(\C)C1(Cc2nncn2C)COC1. The van der Waals surface area contributed by atoms with E-state index in [0.29, 0.717) is 0 Å². The Morgan fingerprint density at radius 3 is 2.80 bits per heavy atom. The highest BCUT2D eigenvalue weighted by Crippen LogP contribution is 2.38. The summed E-state index contributed by atoms with van der Waals surface area (Å²) in [7, 11) is 1.98. The molecule has 82 valence electrons. The summed E-state index contributed by atoms with van der Waals surface area (Å²) in [5, 5.41) is 8.03. The van der Waals surface area contributed by atoms with Crippen LogP contribution in [0.25, 0.3) is 0 Å². The molecular weight excluding hydrogens is 190 g/mol. The summed E-state index contributed by atoms with van der Waals surface area (Å²) in [6, 6.07) is 0. The van der Waals surface area contributed by atoms with Crippen molar-refractivity contribution in [1.82, 2.24) is 14.8 Å². The second-order valence-electron chi connectivity index (χ2n) is 4.28. The van der Waals surface area contributed by atoms with Crippen LogP contribution in [0.1, 0.15) is 19.7 Å². The molecule has 0 bridgehead atoms. The molecule has 2 rings (SSSR count). The molecule has 2 heterocycles. The van der Waals surface area contributed by atoms with E-state index in [1.807, 2.05) is 11.6 Å². The van der Waals surface area contributed by atoms with Gasteiger partial charge in [-0.05, 0) is 13.8 Å². The highest BCUT2D eigenvalue weighted by Gasteiger charge is 2.41. The first-order valence-corrected chi connectivity index (χ1v) is 5.22. The van der Waals surface area contributed by atoms with Gasteiger partial charge in [0.15, 0.2) is 0 Å². The highest BCUT2D eigenvalue weighted by atomic mass is 16.5. The van der Waals surface area contributed by atoms with E-state index in [1.165, 1.54) is 5.57 Å². The van der Waals surface area contributed by atoms with Gasteiger partial charge in [0.05, 0.1) is 13.2 Å². The smallest absolute Gasteiger partial charge is 0.133 e. The maximum absolute atomic E-state index is 5.35. The van der Waals surface area contributed by atoms with Gasteiger partial charge in [0.25, 0.3) is 0 Å². The predicted molar refractivity (Wildman–Crippen MR) is 57.4 cm³/mol. The lowest BCUT2D eigenvalue weighted by Crippen LogP contribution is -2.45. The second kappa shape index (κ2) is 3.77. The van der Waals surface area contributed by atoms with E-state index in [-0.39, 0.29) is 5.41 Å². The molecule has 0 aliphatic carbocycles. The van der Waals surface area contributed by atoms with Gasteiger partial charge in [-0.3, -0.25) is 0 Å². The van der Waals surface area contributed by atoms with Crippen LogP contribution in [0.3, 0.4) is 0 Å². The number of hydrogen-bond donors (Lipinski definition) is 0. The van der Waals surface area contributed by atoms with E-state index in [1.54, 1.807) is 6.33 Å². The molecule has 0 atom stereocenters. The number of rotatable bonds is 3. The molecule has 4 heteroatoms. The number of aromatic nitrogens is 3. The van der Waals surface area contributed by atoms with Crippen molar-refractivity contribution in [3.05, 3.63) is 23.8 Å². The molecule has 1 aliphatic heterocycles. The first-order valence-electron chi connectivity index (χ1n) is 5.22. The standard InChI is InChI=1S/C11H17N3O/c1-4-9(2)11(6-15-7-11)5-10-13-12-8-14(10)3/h4,8H,5-7H2,1-3H3/b9-4+. The molecular formula is C11H17N3O. The van der Waals surface area contributed by atoms with E-state index in [0.717, 1.165) is 25.5 Å². The molecule has 1 aromatic rings. The van der Waals surface area contributed by atoms with Gasteiger partial charge in [-0.25, -0.2) is 0 Å². The fraction of sp³-hybridized carbons (Fsp3) is 0.636. The Hall–Kier alpha value is -1.16. The van der Waals surface area contributed by atoms with Crippen molar-refractivity contribution in [1.29, 1.82) is 0 Å². The topological polar surface area (TPSA) is 39.9 Å². The Balaban J connectivity index is 2.19. The van der Waals surface area contributed by atoms with E-state index in [4.69, 9.17) is 4.74 Å². The van der Waals surface area contributed by atoms with Gasteiger partial charge in [0.1, 0.15) is 12.2 Å². The average Bonchev–Trinajstić information content (AvgIpc) is 2.56. The molecule has 4 nitrogen and oxygen atoms in total. The quantitative estimate of drug-likeness (QED) is 0.702. The van der Waals surface area contributed by atoms with Crippen LogP contribution in [-0.2, 0) is 18.2 Å². The molecule has 0 aromatic carbocycles. The molecule has 0 saturated carbocycles. The third kappa shape index (κ3) is 1.69. The van der Waals surface area contributed by atoms with Crippen molar-refractivity contribution in [3.8, 4) is 0 Å². The summed E-state index contributed by atoms with van der Waals surface area (Å²) in [4.78, 5) is 0. The lowest BCUT2D eigenvalue weighted by atomic mass is 9.75. The summed E-state index contributed by atoms with van der Waals surface area (Å²) in [5.74, 6) is 1.03. The Bertz CT molecular complexity index is 377. The lowest BCUT2D eigenvalue weighted by Gasteiger charge is -2.42. The summed E-state index contributed by atoms with van der Waals surface area (Å²) in [6.07, 6.45) is 4.83. The van der Waals surface area contributed by atoms with Crippen molar-refractivity contribution in [2.75, 3.05) is 13.2 Å². The van der Waals surface area contributed by atoms with E-state index >= 15 is 0 Å². The molecule has 0 radical (unpaired) electrons. The molecule has 1 saturated heterocycles. The van der Waals surface area contributed by atoms with Gasteiger partial charge in [0, 0.05) is 18.9 Å². The van der Waals surface area contributed by atoms with Crippen molar-refractivity contribution < 1.29 is 4.74 Å². The van der Waals surface area contributed by atoms with Crippen LogP contribution in [-0.4, -0.2) is 28.0 Å². The van der Waals surface area contributed by atoms with Crippen molar-refractivity contribution >= 4 is 0 Å². The third-order valence-electron chi connectivity index (χ3n) is 3.33. The lowest BCUT2D eigenvalue weighted by molar-refractivity contribution is -0.0898. The maximum atomic E-state index is 5.35. The Labute approximate surface area is 90.0 Å². The third-order valence-corrected chi connectivity index (χ3v) is 3.33. The number of hydrogen-bond acceptors (Lipinski definition) is 3. The summed E-state index contributed by atoms with van der Waals surface area (Å²) in [6.45, 7) is 5.84. The molecule has 1 fully saturated rings. The minimum Gasteiger partial charge on any atom is -0.379 e. The second-order valence-corrected chi connectivity index (χ2v) is 4.28. The van der Waals surface area contributed by atoms with Gasteiger partial charge in [0.2, 0.25) is 0 Å². The summed E-state index contributed by atoms with van der Waals surface area (Å²) >= 11 is 0. The zero-order valence-electron chi connectivity index (χ0n) is 9.53. The molecule has 1 aromatic heterocycles. The van der Waals surface area contributed by atoms with Gasteiger partial charge in [-0.1, -0.05) is 11.6 Å². The molecule has 15 heavy (non-hydrogen) atoms. The normalized spacial score (nSPS) is 20.1. The Morgan fingerprint density at radius 1 is 1.67 bits per heavy atom. The van der Waals surface area contributed by atoms with Crippen LogP contribution in [0.2, 0.25) is 0 Å². The monoisotopic (exact) mass is 207 g/mol. The summed E-state index contributed by atoms with van der Waals surface area (Å²) < 4.78 is 7.33. The van der Waals surface area contributed by atoms with Gasteiger partial charge >= 0.3 is 0 Å². The first-order chi connectivity index (χ1) is 7.18. The van der Waals surface area contributed by atoms with Gasteiger partial charge in [-0.2, -0.15) is 0 Å². The van der Waals surface area contributed by atoms with Crippen LogP contribution in [0.4, 0.5) is 0 Å². The molecule has 0 unspecified atom stereocenters. The minimum absolute atomic E-state index is 0.162. The maximum Gasteiger partial charge on any atom is 0.133 e.